The molecule has 0 radical (unpaired) electrons. The molecule has 1 aromatic carbocycles. The van der Waals surface area contributed by atoms with Gasteiger partial charge in [-0.05, 0) is 18.2 Å². The summed E-state index contributed by atoms with van der Waals surface area (Å²) in [7, 11) is 0. The number of benzene rings is 1. The zero-order chi connectivity index (χ0) is 18.7. The summed E-state index contributed by atoms with van der Waals surface area (Å²) < 4.78 is 55.6. The van der Waals surface area contributed by atoms with Crippen LogP contribution in [0.15, 0.2) is 36.4 Å². The van der Waals surface area contributed by atoms with Crippen molar-refractivity contribution in [2.45, 2.75) is 12.5 Å². The summed E-state index contributed by atoms with van der Waals surface area (Å²) in [5.41, 5.74) is -1.01. The van der Waals surface area contributed by atoms with Gasteiger partial charge in [-0.15, -0.1) is 0 Å². The van der Waals surface area contributed by atoms with E-state index in [1.54, 1.807) is 24.3 Å². The maximum absolute atomic E-state index is 13.2. The van der Waals surface area contributed by atoms with Gasteiger partial charge in [0.05, 0.1) is 18.5 Å². The smallest absolute Gasteiger partial charge is 0.434 e. The van der Waals surface area contributed by atoms with Crippen molar-refractivity contribution in [2.75, 3.05) is 18.5 Å². The minimum atomic E-state index is -4.77. The average Bonchev–Trinajstić information content (AvgIpc) is 3.15. The SMILES string of the molecule is O=C(CBr)c1ccc(Oc2ccc(C3OCCO3)cc2)nc1C(F)(F)F. The lowest BCUT2D eigenvalue weighted by Gasteiger charge is -2.13. The lowest BCUT2D eigenvalue weighted by atomic mass is 10.1. The fourth-order valence-electron chi connectivity index (χ4n) is 2.38. The van der Waals surface area contributed by atoms with Crippen molar-refractivity contribution in [1.82, 2.24) is 4.98 Å². The molecule has 0 atom stereocenters. The molecule has 9 heteroatoms. The molecule has 5 nitrogen and oxygen atoms in total. The normalized spacial score (nSPS) is 15.2. The van der Waals surface area contributed by atoms with Gasteiger partial charge >= 0.3 is 6.18 Å². The number of hydrogen-bond acceptors (Lipinski definition) is 5. The van der Waals surface area contributed by atoms with Crippen molar-refractivity contribution in [1.29, 1.82) is 0 Å². The number of ketones is 1. The van der Waals surface area contributed by atoms with E-state index in [4.69, 9.17) is 14.2 Å². The molecule has 2 heterocycles. The molecule has 0 bridgehead atoms. The summed E-state index contributed by atoms with van der Waals surface area (Å²) in [6, 6.07) is 8.82. The molecule has 138 valence electrons. The lowest BCUT2D eigenvalue weighted by Crippen LogP contribution is -2.16. The van der Waals surface area contributed by atoms with E-state index >= 15 is 0 Å². The first-order valence-electron chi connectivity index (χ1n) is 7.57. The third-order valence-electron chi connectivity index (χ3n) is 3.56. The van der Waals surface area contributed by atoms with E-state index in [2.05, 4.69) is 20.9 Å². The van der Waals surface area contributed by atoms with Gasteiger partial charge in [-0.3, -0.25) is 4.79 Å². The quantitative estimate of drug-likeness (QED) is 0.514. The second-order valence-electron chi connectivity index (χ2n) is 5.34. The molecular formula is C17H13BrF3NO4. The van der Waals surface area contributed by atoms with Gasteiger partial charge in [0.15, 0.2) is 17.8 Å². The first kappa shape index (κ1) is 18.8. The van der Waals surface area contributed by atoms with E-state index in [0.29, 0.717) is 19.0 Å². The van der Waals surface area contributed by atoms with Gasteiger partial charge in [0.2, 0.25) is 5.88 Å². The summed E-state index contributed by atoms with van der Waals surface area (Å²) in [6.45, 7) is 1.01. The van der Waals surface area contributed by atoms with Crippen LogP contribution in [0.4, 0.5) is 13.2 Å². The van der Waals surface area contributed by atoms with Crippen molar-refractivity contribution in [3.8, 4) is 11.6 Å². The number of rotatable bonds is 5. The molecule has 0 spiro atoms. The molecule has 1 aromatic heterocycles. The van der Waals surface area contributed by atoms with Gasteiger partial charge in [-0.1, -0.05) is 28.1 Å². The van der Waals surface area contributed by atoms with Crippen LogP contribution in [0.1, 0.15) is 27.9 Å². The van der Waals surface area contributed by atoms with Gasteiger partial charge < -0.3 is 14.2 Å². The summed E-state index contributed by atoms with van der Waals surface area (Å²) in [5, 5.41) is -0.231. The molecular weight excluding hydrogens is 419 g/mol. The van der Waals surface area contributed by atoms with Crippen molar-refractivity contribution in [2.24, 2.45) is 0 Å². The van der Waals surface area contributed by atoms with Crippen LogP contribution in [0, 0.1) is 0 Å². The highest BCUT2D eigenvalue weighted by Gasteiger charge is 2.37. The number of aromatic nitrogens is 1. The molecule has 3 rings (SSSR count). The third-order valence-corrected chi connectivity index (χ3v) is 4.07. The number of hydrogen-bond donors (Lipinski definition) is 0. The van der Waals surface area contributed by atoms with E-state index in [1.807, 2.05) is 0 Å². The Morgan fingerprint density at radius 3 is 2.38 bits per heavy atom. The molecule has 1 aliphatic rings. The fraction of sp³-hybridized carbons (Fsp3) is 0.294. The molecule has 1 saturated heterocycles. The van der Waals surface area contributed by atoms with Crippen LogP contribution >= 0.6 is 15.9 Å². The Labute approximate surface area is 155 Å². The summed E-state index contributed by atoms with van der Waals surface area (Å²) in [5.74, 6) is -0.672. The number of Topliss-reactive ketones (excluding diaryl/α,β-unsaturated/α-hetero) is 1. The standard InChI is InChI=1S/C17H13BrF3NO4/c18-9-13(23)12-5-6-14(22-15(12)17(19,20)21)26-11-3-1-10(2-4-11)16-24-7-8-25-16/h1-6,16H,7-9H2. The molecule has 1 aliphatic heterocycles. The largest absolute Gasteiger partial charge is 0.439 e. The predicted octanol–water partition coefficient (Wildman–Crippen LogP) is 4.52. The van der Waals surface area contributed by atoms with Crippen LogP contribution in [0.5, 0.6) is 11.6 Å². The van der Waals surface area contributed by atoms with Crippen LogP contribution in [0.25, 0.3) is 0 Å². The molecule has 0 saturated carbocycles. The Hall–Kier alpha value is -1.97. The molecule has 2 aromatic rings. The highest BCUT2D eigenvalue weighted by Crippen LogP contribution is 2.33. The van der Waals surface area contributed by atoms with Gasteiger partial charge in [0, 0.05) is 17.2 Å². The Morgan fingerprint density at radius 2 is 1.81 bits per heavy atom. The predicted molar refractivity (Wildman–Crippen MR) is 88.5 cm³/mol. The fourth-order valence-corrected chi connectivity index (χ4v) is 2.68. The molecule has 26 heavy (non-hydrogen) atoms. The zero-order valence-corrected chi connectivity index (χ0v) is 14.8. The van der Waals surface area contributed by atoms with Crippen LogP contribution in [0.2, 0.25) is 0 Å². The van der Waals surface area contributed by atoms with E-state index in [9.17, 15) is 18.0 Å². The van der Waals surface area contributed by atoms with Gasteiger partial charge in [-0.25, -0.2) is 4.98 Å². The van der Waals surface area contributed by atoms with Crippen molar-refractivity contribution in [3.63, 3.8) is 0 Å². The Kier molecular flexibility index (Phi) is 5.59. The minimum Gasteiger partial charge on any atom is -0.439 e. The number of ether oxygens (including phenoxy) is 3. The summed E-state index contributed by atoms with van der Waals surface area (Å²) >= 11 is 2.86. The Balaban J connectivity index is 1.82. The number of pyridine rings is 1. The molecule has 1 fully saturated rings. The average molecular weight is 432 g/mol. The van der Waals surface area contributed by atoms with Crippen molar-refractivity contribution in [3.05, 3.63) is 53.2 Å². The van der Waals surface area contributed by atoms with Crippen molar-refractivity contribution >= 4 is 21.7 Å². The third kappa shape index (κ3) is 4.22. The second-order valence-corrected chi connectivity index (χ2v) is 5.91. The monoisotopic (exact) mass is 431 g/mol. The van der Waals surface area contributed by atoms with Crippen LogP contribution in [0.3, 0.4) is 0 Å². The zero-order valence-electron chi connectivity index (χ0n) is 13.3. The molecule has 0 N–H and O–H groups in total. The van der Waals surface area contributed by atoms with E-state index in [-0.39, 0.29) is 11.2 Å². The number of alkyl halides is 4. The maximum Gasteiger partial charge on any atom is 0.434 e. The van der Waals surface area contributed by atoms with Crippen LogP contribution < -0.4 is 4.74 Å². The topological polar surface area (TPSA) is 57.7 Å². The second kappa shape index (κ2) is 7.73. The lowest BCUT2D eigenvalue weighted by molar-refractivity contribution is -0.141. The minimum absolute atomic E-state index is 0.231. The maximum atomic E-state index is 13.2. The number of halogens is 4. The summed E-state index contributed by atoms with van der Waals surface area (Å²) in [6.07, 6.45) is -5.22. The molecule has 0 aliphatic carbocycles. The van der Waals surface area contributed by atoms with Gasteiger partial charge in [0.1, 0.15) is 5.75 Å². The summed E-state index contributed by atoms with van der Waals surface area (Å²) in [4.78, 5) is 15.1. The van der Waals surface area contributed by atoms with Crippen molar-refractivity contribution < 1.29 is 32.2 Å². The molecule has 0 amide bonds. The van der Waals surface area contributed by atoms with E-state index < -0.39 is 29.5 Å². The number of nitrogens with zero attached hydrogens (tertiary/aromatic N) is 1. The van der Waals surface area contributed by atoms with E-state index in [0.717, 1.165) is 11.6 Å². The highest BCUT2D eigenvalue weighted by atomic mass is 79.9. The number of carbonyl (C=O) groups excluding carboxylic acids is 1. The van der Waals surface area contributed by atoms with Crippen LogP contribution in [-0.4, -0.2) is 29.3 Å². The first-order chi connectivity index (χ1) is 12.4. The number of carbonyl (C=O) groups is 1. The highest BCUT2D eigenvalue weighted by molar-refractivity contribution is 9.09. The van der Waals surface area contributed by atoms with E-state index in [1.165, 1.54) is 6.07 Å². The first-order valence-corrected chi connectivity index (χ1v) is 8.69. The van der Waals surface area contributed by atoms with Gasteiger partial charge in [0.25, 0.3) is 0 Å². The molecule has 0 unspecified atom stereocenters. The Morgan fingerprint density at radius 1 is 1.15 bits per heavy atom. The Bertz CT molecular complexity index is 790. The van der Waals surface area contributed by atoms with Gasteiger partial charge in [-0.2, -0.15) is 13.2 Å². The van der Waals surface area contributed by atoms with Crippen LogP contribution in [-0.2, 0) is 15.7 Å².